The number of fused-ring (bicyclic) bond motifs is 1. The van der Waals surface area contributed by atoms with Gasteiger partial charge in [0.05, 0.1) is 13.7 Å². The fourth-order valence-electron chi connectivity index (χ4n) is 2.81. The summed E-state index contributed by atoms with van der Waals surface area (Å²) in [5.41, 5.74) is 1.16. The molecule has 5 nitrogen and oxygen atoms in total. The molecule has 2 aromatic rings. The molecule has 0 spiro atoms. The summed E-state index contributed by atoms with van der Waals surface area (Å²) in [6.45, 7) is 2.08. The van der Waals surface area contributed by atoms with Gasteiger partial charge in [-0.05, 0) is 18.6 Å². The van der Waals surface area contributed by atoms with Crippen molar-refractivity contribution in [3.8, 4) is 5.75 Å². The molecule has 1 unspecified atom stereocenters. The van der Waals surface area contributed by atoms with Gasteiger partial charge in [0.1, 0.15) is 11.4 Å². The molecule has 0 amide bonds. The van der Waals surface area contributed by atoms with Crippen LogP contribution in [0.25, 0.3) is 0 Å². The zero-order chi connectivity index (χ0) is 16.3. The van der Waals surface area contributed by atoms with Gasteiger partial charge in [-0.3, -0.25) is 0 Å². The van der Waals surface area contributed by atoms with Gasteiger partial charge in [-0.1, -0.05) is 42.5 Å². The van der Waals surface area contributed by atoms with Gasteiger partial charge < -0.3 is 9.47 Å². The summed E-state index contributed by atoms with van der Waals surface area (Å²) in [5.74, 6) is 0.213. The van der Waals surface area contributed by atoms with E-state index < -0.39 is 5.54 Å². The molecule has 1 atom stereocenters. The number of benzene rings is 2. The minimum atomic E-state index is -1.15. The highest BCUT2D eigenvalue weighted by Crippen LogP contribution is 2.47. The highest BCUT2D eigenvalue weighted by molar-refractivity contribution is 5.87. The molecule has 0 saturated heterocycles. The molecule has 0 bridgehead atoms. The van der Waals surface area contributed by atoms with Crippen LogP contribution in [0.4, 0.5) is 5.69 Å². The zero-order valence-electron chi connectivity index (χ0n) is 13.2. The first-order valence-electron chi connectivity index (χ1n) is 7.53. The Morgan fingerprint density at radius 2 is 1.91 bits per heavy atom. The van der Waals surface area contributed by atoms with Crippen molar-refractivity contribution in [1.29, 1.82) is 0 Å². The molecule has 1 heterocycles. The smallest absolute Gasteiger partial charge is 0.341 e. The Hall–Kier alpha value is -2.69. The van der Waals surface area contributed by atoms with Crippen LogP contribution < -0.4 is 4.74 Å². The minimum Gasteiger partial charge on any atom is -0.494 e. The number of nitrogens with zero attached hydrogens (tertiary/aromatic N) is 2. The van der Waals surface area contributed by atoms with Crippen molar-refractivity contribution in [1.82, 2.24) is 0 Å². The van der Waals surface area contributed by atoms with Crippen molar-refractivity contribution >= 4 is 11.7 Å². The van der Waals surface area contributed by atoms with Crippen LogP contribution in [-0.4, -0.2) is 19.7 Å². The number of hydrogen-bond donors (Lipinski definition) is 0. The van der Waals surface area contributed by atoms with E-state index in [-0.39, 0.29) is 5.97 Å². The Kier molecular flexibility index (Phi) is 4.10. The maximum absolute atomic E-state index is 12.7. The van der Waals surface area contributed by atoms with Crippen molar-refractivity contribution in [2.24, 2.45) is 10.2 Å². The third kappa shape index (κ3) is 2.59. The van der Waals surface area contributed by atoms with Crippen LogP contribution in [0.15, 0.2) is 58.8 Å². The average Bonchev–Trinajstić information content (AvgIpc) is 2.96. The Morgan fingerprint density at radius 1 is 1.13 bits per heavy atom. The van der Waals surface area contributed by atoms with Gasteiger partial charge in [0.2, 0.25) is 5.54 Å². The third-order valence-electron chi connectivity index (χ3n) is 3.90. The van der Waals surface area contributed by atoms with Gasteiger partial charge in [0.25, 0.3) is 0 Å². The molecule has 1 aliphatic rings. The van der Waals surface area contributed by atoms with Crippen LogP contribution in [0.2, 0.25) is 0 Å². The topological polar surface area (TPSA) is 60.2 Å². The minimum absolute atomic E-state index is 0.296. The first kappa shape index (κ1) is 15.2. The van der Waals surface area contributed by atoms with E-state index in [1.54, 1.807) is 14.0 Å². The number of esters is 1. The van der Waals surface area contributed by atoms with Crippen LogP contribution >= 0.6 is 0 Å². The van der Waals surface area contributed by atoms with Gasteiger partial charge in [-0.2, -0.15) is 10.2 Å². The normalized spacial score (nSPS) is 18.5. The highest BCUT2D eigenvalue weighted by atomic mass is 16.5. The number of carbonyl (C=O) groups excluding carboxylic acids is 1. The maximum Gasteiger partial charge on any atom is 0.341 e. The van der Waals surface area contributed by atoms with E-state index in [9.17, 15) is 4.79 Å². The van der Waals surface area contributed by atoms with Crippen LogP contribution in [0, 0.1) is 0 Å². The second kappa shape index (κ2) is 6.20. The summed E-state index contributed by atoms with van der Waals surface area (Å²) in [7, 11) is 1.58. The first-order chi connectivity index (χ1) is 11.2. The van der Waals surface area contributed by atoms with E-state index in [0.29, 0.717) is 24.5 Å². The molecule has 23 heavy (non-hydrogen) atoms. The monoisotopic (exact) mass is 310 g/mol. The second-order valence-electron chi connectivity index (χ2n) is 5.30. The van der Waals surface area contributed by atoms with Crippen LogP contribution in [-0.2, 0) is 21.5 Å². The molecule has 0 fully saturated rings. The van der Waals surface area contributed by atoms with Crippen molar-refractivity contribution in [3.05, 3.63) is 59.7 Å². The Bertz CT molecular complexity index is 743. The van der Waals surface area contributed by atoms with Gasteiger partial charge in [-0.15, -0.1) is 0 Å². The molecule has 1 aliphatic heterocycles. The fourth-order valence-corrected chi connectivity index (χ4v) is 2.81. The van der Waals surface area contributed by atoms with Crippen molar-refractivity contribution < 1.29 is 14.3 Å². The number of methoxy groups -OCH3 is 1. The van der Waals surface area contributed by atoms with Crippen LogP contribution in [0.3, 0.4) is 0 Å². The number of carbonyl (C=O) groups is 1. The van der Waals surface area contributed by atoms with Crippen molar-refractivity contribution in [2.45, 2.75) is 18.9 Å². The molecule has 0 aliphatic carbocycles. The summed E-state index contributed by atoms with van der Waals surface area (Å²) in [5, 5.41) is 8.55. The van der Waals surface area contributed by atoms with Gasteiger partial charge in [0, 0.05) is 12.0 Å². The lowest BCUT2D eigenvalue weighted by atomic mass is 9.84. The number of rotatable bonds is 5. The summed E-state index contributed by atoms with van der Waals surface area (Å²) in [6, 6.07) is 15.3. The molecule has 3 rings (SSSR count). The molecular weight excluding hydrogens is 292 g/mol. The Labute approximate surface area is 135 Å². The average molecular weight is 310 g/mol. The zero-order valence-corrected chi connectivity index (χ0v) is 13.2. The second-order valence-corrected chi connectivity index (χ2v) is 5.30. The van der Waals surface area contributed by atoms with Crippen LogP contribution in [0.1, 0.15) is 18.1 Å². The predicted octanol–water partition coefficient (Wildman–Crippen LogP) is 3.79. The van der Waals surface area contributed by atoms with Crippen LogP contribution in [0.5, 0.6) is 5.75 Å². The van der Waals surface area contributed by atoms with E-state index in [1.807, 2.05) is 48.5 Å². The fraction of sp³-hybridized carbons (Fsp3) is 0.278. The Morgan fingerprint density at radius 3 is 2.61 bits per heavy atom. The van der Waals surface area contributed by atoms with E-state index in [1.165, 1.54) is 0 Å². The predicted molar refractivity (Wildman–Crippen MR) is 86.0 cm³/mol. The van der Waals surface area contributed by atoms with E-state index in [4.69, 9.17) is 9.47 Å². The SMILES string of the molecule is CCOC(=O)C1(Cc2ccccc2)N=Nc2c(OC)cccc21. The molecule has 0 aromatic heterocycles. The standard InChI is InChI=1S/C18H18N2O3/c1-3-23-17(21)18(12-13-8-5-4-6-9-13)14-10-7-11-15(22-2)16(14)19-20-18/h4-11H,3,12H2,1-2H3. The quantitative estimate of drug-likeness (QED) is 0.789. The summed E-state index contributed by atoms with van der Waals surface area (Å²) in [6.07, 6.45) is 0.399. The summed E-state index contributed by atoms with van der Waals surface area (Å²) < 4.78 is 10.6. The molecular formula is C18H18N2O3. The first-order valence-corrected chi connectivity index (χ1v) is 7.53. The van der Waals surface area contributed by atoms with Gasteiger partial charge >= 0.3 is 5.97 Å². The summed E-state index contributed by atoms with van der Waals surface area (Å²) >= 11 is 0. The lowest BCUT2D eigenvalue weighted by Crippen LogP contribution is -2.36. The highest BCUT2D eigenvalue weighted by Gasteiger charge is 2.48. The van der Waals surface area contributed by atoms with Gasteiger partial charge in [-0.25, -0.2) is 4.79 Å². The molecule has 0 saturated carbocycles. The van der Waals surface area contributed by atoms with E-state index in [2.05, 4.69) is 10.2 Å². The number of ether oxygens (including phenoxy) is 2. The largest absolute Gasteiger partial charge is 0.494 e. The van der Waals surface area contributed by atoms with E-state index in [0.717, 1.165) is 11.1 Å². The molecule has 0 radical (unpaired) electrons. The van der Waals surface area contributed by atoms with Crippen molar-refractivity contribution in [3.63, 3.8) is 0 Å². The lowest BCUT2D eigenvalue weighted by Gasteiger charge is -2.24. The molecule has 2 aromatic carbocycles. The lowest BCUT2D eigenvalue weighted by molar-refractivity contribution is -0.150. The molecule has 5 heteroatoms. The molecule has 118 valence electrons. The molecule has 0 N–H and O–H groups in total. The van der Waals surface area contributed by atoms with E-state index >= 15 is 0 Å². The number of azo groups is 1. The maximum atomic E-state index is 12.7. The third-order valence-corrected chi connectivity index (χ3v) is 3.90. The van der Waals surface area contributed by atoms with Crippen molar-refractivity contribution in [2.75, 3.05) is 13.7 Å². The summed E-state index contributed by atoms with van der Waals surface area (Å²) in [4.78, 5) is 12.7. The number of hydrogen-bond acceptors (Lipinski definition) is 5. The van der Waals surface area contributed by atoms with Gasteiger partial charge in [0.15, 0.2) is 0 Å². The Balaban J connectivity index is 2.10.